The van der Waals surface area contributed by atoms with Crippen LogP contribution < -0.4 is 5.32 Å². The van der Waals surface area contributed by atoms with Crippen molar-refractivity contribution in [1.82, 2.24) is 10.2 Å². The van der Waals surface area contributed by atoms with Gasteiger partial charge >= 0.3 is 0 Å². The predicted octanol–water partition coefficient (Wildman–Crippen LogP) is 3.77. The highest BCUT2D eigenvalue weighted by atomic mass is 15.2. The SMILES string of the molecule is CCC1(CC)CCN(CC(C)(C)CNCC(C)C)C1. The van der Waals surface area contributed by atoms with Crippen molar-refractivity contribution in [2.24, 2.45) is 16.7 Å². The highest BCUT2D eigenvalue weighted by Gasteiger charge is 2.36. The summed E-state index contributed by atoms with van der Waals surface area (Å²) in [5.41, 5.74) is 0.994. The van der Waals surface area contributed by atoms with Crippen LogP contribution in [0.25, 0.3) is 0 Å². The Balaban J connectivity index is 2.38. The van der Waals surface area contributed by atoms with Crippen LogP contribution in [0.4, 0.5) is 0 Å². The van der Waals surface area contributed by atoms with E-state index >= 15 is 0 Å². The van der Waals surface area contributed by atoms with Crippen LogP contribution in [0.3, 0.4) is 0 Å². The number of likely N-dealkylation sites (tertiary alicyclic amines) is 1. The molecule has 0 unspecified atom stereocenters. The molecular weight excluding hydrogens is 232 g/mol. The van der Waals surface area contributed by atoms with E-state index in [1.165, 1.54) is 38.9 Å². The van der Waals surface area contributed by atoms with Gasteiger partial charge in [-0.1, -0.05) is 41.5 Å². The van der Waals surface area contributed by atoms with E-state index in [0.717, 1.165) is 19.0 Å². The van der Waals surface area contributed by atoms with Crippen LogP contribution in [-0.4, -0.2) is 37.6 Å². The predicted molar refractivity (Wildman–Crippen MR) is 85.6 cm³/mol. The lowest BCUT2D eigenvalue weighted by atomic mass is 9.82. The van der Waals surface area contributed by atoms with Crippen LogP contribution in [0.15, 0.2) is 0 Å². The van der Waals surface area contributed by atoms with Crippen LogP contribution in [0, 0.1) is 16.7 Å². The Morgan fingerprint density at radius 2 is 1.84 bits per heavy atom. The molecule has 0 spiro atoms. The first kappa shape index (κ1) is 17.0. The van der Waals surface area contributed by atoms with Crippen molar-refractivity contribution in [2.75, 3.05) is 32.7 Å². The molecule has 1 aliphatic rings. The molecule has 0 aromatic rings. The van der Waals surface area contributed by atoms with Crippen molar-refractivity contribution >= 4 is 0 Å². The van der Waals surface area contributed by atoms with E-state index in [-0.39, 0.29) is 0 Å². The van der Waals surface area contributed by atoms with Gasteiger partial charge in [-0.25, -0.2) is 0 Å². The van der Waals surface area contributed by atoms with Gasteiger partial charge in [0.05, 0.1) is 0 Å². The molecule has 1 N–H and O–H groups in total. The zero-order chi connectivity index (χ0) is 14.5. The summed E-state index contributed by atoms with van der Waals surface area (Å²) in [5.74, 6) is 0.746. The van der Waals surface area contributed by atoms with Crippen molar-refractivity contribution < 1.29 is 0 Å². The van der Waals surface area contributed by atoms with Crippen molar-refractivity contribution in [3.05, 3.63) is 0 Å². The number of hydrogen-bond acceptors (Lipinski definition) is 2. The molecule has 0 saturated carbocycles. The van der Waals surface area contributed by atoms with Gasteiger partial charge < -0.3 is 10.2 Å². The van der Waals surface area contributed by atoms with Crippen LogP contribution >= 0.6 is 0 Å². The molecule has 1 fully saturated rings. The minimum absolute atomic E-state index is 0.381. The summed E-state index contributed by atoms with van der Waals surface area (Å²) in [5, 5.41) is 3.62. The van der Waals surface area contributed by atoms with Gasteiger partial charge in [0.25, 0.3) is 0 Å². The van der Waals surface area contributed by atoms with Gasteiger partial charge in [-0.2, -0.15) is 0 Å². The van der Waals surface area contributed by atoms with E-state index in [0.29, 0.717) is 10.8 Å². The van der Waals surface area contributed by atoms with Gasteiger partial charge in [0.15, 0.2) is 0 Å². The van der Waals surface area contributed by atoms with E-state index in [1.54, 1.807) is 0 Å². The Morgan fingerprint density at radius 3 is 2.32 bits per heavy atom. The Labute approximate surface area is 121 Å². The molecule has 19 heavy (non-hydrogen) atoms. The third-order valence-corrected chi connectivity index (χ3v) is 4.83. The lowest BCUT2D eigenvalue weighted by Crippen LogP contribution is -2.41. The minimum atomic E-state index is 0.381. The quantitative estimate of drug-likeness (QED) is 0.721. The number of rotatable bonds is 8. The Kier molecular flexibility index (Phi) is 6.32. The summed E-state index contributed by atoms with van der Waals surface area (Å²) >= 11 is 0. The average molecular weight is 268 g/mol. The van der Waals surface area contributed by atoms with Crippen LogP contribution in [0.5, 0.6) is 0 Å². The molecule has 1 aliphatic heterocycles. The minimum Gasteiger partial charge on any atom is -0.316 e. The lowest BCUT2D eigenvalue weighted by molar-refractivity contribution is 0.175. The van der Waals surface area contributed by atoms with Crippen molar-refractivity contribution in [3.8, 4) is 0 Å². The summed E-state index contributed by atoms with van der Waals surface area (Å²) in [6.45, 7) is 20.2. The van der Waals surface area contributed by atoms with E-state index in [9.17, 15) is 0 Å². The first-order valence-corrected chi connectivity index (χ1v) is 8.25. The van der Waals surface area contributed by atoms with Crippen molar-refractivity contribution in [3.63, 3.8) is 0 Å². The third kappa shape index (κ3) is 5.43. The number of nitrogens with zero attached hydrogens (tertiary/aromatic N) is 1. The molecule has 114 valence electrons. The van der Waals surface area contributed by atoms with Crippen molar-refractivity contribution in [2.45, 2.75) is 60.8 Å². The van der Waals surface area contributed by atoms with Crippen molar-refractivity contribution in [1.29, 1.82) is 0 Å². The number of hydrogen-bond donors (Lipinski definition) is 1. The molecule has 0 aliphatic carbocycles. The Bertz CT molecular complexity index is 254. The second-order valence-corrected chi connectivity index (χ2v) is 7.86. The third-order valence-electron chi connectivity index (χ3n) is 4.83. The maximum atomic E-state index is 3.62. The average Bonchev–Trinajstić information content (AvgIpc) is 2.71. The van der Waals surface area contributed by atoms with Gasteiger partial charge in [-0.05, 0) is 49.1 Å². The molecule has 0 amide bonds. The molecule has 0 radical (unpaired) electrons. The topological polar surface area (TPSA) is 15.3 Å². The molecule has 0 bridgehead atoms. The summed E-state index contributed by atoms with van der Waals surface area (Å²) in [4.78, 5) is 2.70. The standard InChI is InChI=1S/C17H36N2/c1-7-17(8-2)9-10-19(14-17)13-16(5,6)12-18-11-15(3)4/h15,18H,7-14H2,1-6H3. The van der Waals surface area contributed by atoms with Gasteiger partial charge in [0.1, 0.15) is 0 Å². The fourth-order valence-electron chi connectivity index (χ4n) is 3.35. The molecule has 0 atom stereocenters. The lowest BCUT2D eigenvalue weighted by Gasteiger charge is -2.32. The second kappa shape index (κ2) is 7.08. The summed E-state index contributed by atoms with van der Waals surface area (Å²) in [6.07, 6.45) is 4.08. The summed E-state index contributed by atoms with van der Waals surface area (Å²) in [6, 6.07) is 0. The van der Waals surface area contributed by atoms with Crippen LogP contribution in [-0.2, 0) is 0 Å². The first-order chi connectivity index (χ1) is 8.82. The first-order valence-electron chi connectivity index (χ1n) is 8.25. The van der Waals surface area contributed by atoms with Crippen LogP contribution in [0.1, 0.15) is 60.8 Å². The molecule has 0 aromatic carbocycles. The van der Waals surface area contributed by atoms with Crippen LogP contribution in [0.2, 0.25) is 0 Å². The summed E-state index contributed by atoms with van der Waals surface area (Å²) < 4.78 is 0. The van der Waals surface area contributed by atoms with E-state index in [2.05, 4.69) is 51.8 Å². The highest BCUT2D eigenvalue weighted by molar-refractivity contribution is 4.90. The fourth-order valence-corrected chi connectivity index (χ4v) is 3.35. The molecular formula is C17H36N2. The largest absolute Gasteiger partial charge is 0.316 e. The highest BCUT2D eigenvalue weighted by Crippen LogP contribution is 2.37. The summed E-state index contributed by atoms with van der Waals surface area (Å²) in [7, 11) is 0. The van der Waals surface area contributed by atoms with Gasteiger partial charge in [0.2, 0.25) is 0 Å². The molecule has 1 heterocycles. The number of nitrogens with one attached hydrogen (secondary N) is 1. The fraction of sp³-hybridized carbons (Fsp3) is 1.00. The second-order valence-electron chi connectivity index (χ2n) is 7.86. The maximum Gasteiger partial charge on any atom is 0.00451 e. The van der Waals surface area contributed by atoms with E-state index in [1.807, 2.05) is 0 Å². The zero-order valence-corrected chi connectivity index (χ0v) is 14.2. The van der Waals surface area contributed by atoms with E-state index in [4.69, 9.17) is 0 Å². The molecule has 2 heteroatoms. The molecule has 2 nitrogen and oxygen atoms in total. The smallest absolute Gasteiger partial charge is 0.00451 e. The van der Waals surface area contributed by atoms with Gasteiger partial charge in [-0.15, -0.1) is 0 Å². The monoisotopic (exact) mass is 268 g/mol. The molecule has 1 saturated heterocycles. The maximum absolute atomic E-state index is 3.62. The normalized spacial score (nSPS) is 20.4. The van der Waals surface area contributed by atoms with Gasteiger partial charge in [0, 0.05) is 19.6 Å². The molecule has 1 rings (SSSR count). The Morgan fingerprint density at radius 1 is 1.21 bits per heavy atom. The van der Waals surface area contributed by atoms with E-state index < -0.39 is 0 Å². The molecule has 0 aromatic heterocycles. The van der Waals surface area contributed by atoms with Gasteiger partial charge in [-0.3, -0.25) is 0 Å². The Hall–Kier alpha value is -0.0800. The zero-order valence-electron chi connectivity index (χ0n) is 14.2.